The number of aromatic nitrogens is 2. The van der Waals surface area contributed by atoms with Crippen molar-refractivity contribution in [2.24, 2.45) is 0 Å². The number of halogens is 2. The Hall–Kier alpha value is -2.93. The van der Waals surface area contributed by atoms with Gasteiger partial charge in [0, 0.05) is 6.08 Å². The highest BCUT2D eigenvalue weighted by atomic mass is 32.1. The van der Waals surface area contributed by atoms with Gasteiger partial charge in [-0.1, -0.05) is 6.07 Å². The standard InChI is InChI=1S/C17H8F2N2O2S/c18-9-4-5-12-13(8-9)24-15(20-12)7-6-14-21-16-10(17(22)23-14)2-1-3-11(16)19/h1-8H. The lowest BCUT2D eigenvalue weighted by atomic mass is 10.2. The fourth-order valence-corrected chi connectivity index (χ4v) is 3.17. The highest BCUT2D eigenvalue weighted by Gasteiger charge is 2.09. The fourth-order valence-electron chi connectivity index (χ4n) is 2.28. The second kappa shape index (κ2) is 5.61. The predicted octanol–water partition coefficient (Wildman–Crippen LogP) is 4.25. The van der Waals surface area contributed by atoms with Crippen LogP contribution in [0.3, 0.4) is 0 Å². The second-order valence-electron chi connectivity index (χ2n) is 4.97. The van der Waals surface area contributed by atoms with E-state index in [1.165, 1.54) is 47.7 Å². The van der Waals surface area contributed by atoms with Crippen molar-refractivity contribution in [2.45, 2.75) is 0 Å². The van der Waals surface area contributed by atoms with Crippen LogP contribution in [-0.4, -0.2) is 9.97 Å². The van der Waals surface area contributed by atoms with Crippen LogP contribution in [0.4, 0.5) is 8.78 Å². The highest BCUT2D eigenvalue weighted by Crippen LogP contribution is 2.24. The topological polar surface area (TPSA) is 56.0 Å². The first-order chi connectivity index (χ1) is 11.6. The van der Waals surface area contributed by atoms with Gasteiger partial charge >= 0.3 is 5.63 Å². The zero-order valence-corrected chi connectivity index (χ0v) is 12.8. The summed E-state index contributed by atoms with van der Waals surface area (Å²) in [7, 11) is 0. The second-order valence-corrected chi connectivity index (χ2v) is 6.04. The molecule has 0 aliphatic heterocycles. The Morgan fingerprint density at radius 3 is 2.83 bits per heavy atom. The molecule has 0 fully saturated rings. The van der Waals surface area contributed by atoms with Crippen molar-refractivity contribution in [1.82, 2.24) is 9.97 Å². The number of thiazole rings is 1. The van der Waals surface area contributed by atoms with Gasteiger partial charge in [-0.25, -0.2) is 23.5 Å². The summed E-state index contributed by atoms with van der Waals surface area (Å²) in [5.41, 5.74) is -0.0368. The molecule has 0 bridgehead atoms. The molecule has 0 atom stereocenters. The third-order valence-electron chi connectivity index (χ3n) is 3.36. The van der Waals surface area contributed by atoms with E-state index in [0.717, 1.165) is 0 Å². The predicted molar refractivity (Wildman–Crippen MR) is 88.7 cm³/mol. The van der Waals surface area contributed by atoms with Crippen molar-refractivity contribution in [3.63, 3.8) is 0 Å². The molecule has 24 heavy (non-hydrogen) atoms. The van der Waals surface area contributed by atoms with Crippen LogP contribution < -0.4 is 5.63 Å². The van der Waals surface area contributed by atoms with Crippen LogP contribution >= 0.6 is 11.3 Å². The number of hydrogen-bond acceptors (Lipinski definition) is 5. The number of benzene rings is 2. The summed E-state index contributed by atoms with van der Waals surface area (Å²) in [6.45, 7) is 0. The van der Waals surface area contributed by atoms with E-state index < -0.39 is 11.4 Å². The molecule has 2 aromatic carbocycles. The lowest BCUT2D eigenvalue weighted by Crippen LogP contribution is -2.04. The Morgan fingerprint density at radius 2 is 1.96 bits per heavy atom. The van der Waals surface area contributed by atoms with Crippen LogP contribution in [0.2, 0.25) is 0 Å². The molecule has 0 spiro atoms. The maximum Gasteiger partial charge on any atom is 0.347 e. The van der Waals surface area contributed by atoms with Crippen molar-refractivity contribution in [2.75, 3.05) is 0 Å². The molecular formula is C17H8F2N2O2S. The molecule has 4 nitrogen and oxygen atoms in total. The molecule has 7 heteroatoms. The van der Waals surface area contributed by atoms with E-state index in [0.29, 0.717) is 15.2 Å². The first-order valence-corrected chi connectivity index (χ1v) is 7.75. The van der Waals surface area contributed by atoms with Gasteiger partial charge in [0.2, 0.25) is 5.89 Å². The van der Waals surface area contributed by atoms with Crippen LogP contribution in [0.1, 0.15) is 10.9 Å². The molecule has 0 saturated heterocycles. The maximum atomic E-state index is 13.8. The van der Waals surface area contributed by atoms with Gasteiger partial charge in [0.1, 0.15) is 22.2 Å². The molecule has 0 radical (unpaired) electrons. The zero-order valence-electron chi connectivity index (χ0n) is 12.0. The summed E-state index contributed by atoms with van der Waals surface area (Å²) in [5, 5.41) is 0.677. The summed E-state index contributed by atoms with van der Waals surface area (Å²) in [6.07, 6.45) is 3.02. The molecule has 4 rings (SSSR count). The third-order valence-corrected chi connectivity index (χ3v) is 4.34. The van der Waals surface area contributed by atoms with E-state index in [2.05, 4.69) is 9.97 Å². The minimum Gasteiger partial charge on any atom is -0.404 e. The van der Waals surface area contributed by atoms with E-state index in [1.54, 1.807) is 12.1 Å². The fraction of sp³-hybridized carbons (Fsp3) is 0. The molecule has 0 saturated carbocycles. The minimum atomic E-state index is -0.662. The quantitative estimate of drug-likeness (QED) is 0.546. The molecule has 2 aromatic heterocycles. The van der Waals surface area contributed by atoms with Gasteiger partial charge in [-0.05, 0) is 36.4 Å². The monoisotopic (exact) mass is 342 g/mol. The summed E-state index contributed by atoms with van der Waals surface area (Å²) < 4.78 is 32.7. The summed E-state index contributed by atoms with van der Waals surface area (Å²) in [4.78, 5) is 20.2. The van der Waals surface area contributed by atoms with Gasteiger partial charge in [-0.2, -0.15) is 0 Å². The molecule has 0 unspecified atom stereocenters. The van der Waals surface area contributed by atoms with Gasteiger partial charge in [0.05, 0.1) is 15.6 Å². The molecular weight excluding hydrogens is 334 g/mol. The lowest BCUT2D eigenvalue weighted by Gasteiger charge is -1.98. The van der Waals surface area contributed by atoms with Crippen LogP contribution in [0.5, 0.6) is 0 Å². The van der Waals surface area contributed by atoms with Crippen molar-refractivity contribution in [1.29, 1.82) is 0 Å². The number of para-hydroxylation sites is 1. The summed E-state index contributed by atoms with van der Waals surface area (Å²) >= 11 is 1.28. The van der Waals surface area contributed by atoms with E-state index >= 15 is 0 Å². The number of rotatable bonds is 2. The average molecular weight is 342 g/mol. The van der Waals surface area contributed by atoms with Gasteiger partial charge in [-0.15, -0.1) is 11.3 Å². The molecule has 4 aromatic rings. The Kier molecular flexibility index (Phi) is 3.42. The van der Waals surface area contributed by atoms with Crippen LogP contribution in [0.25, 0.3) is 33.3 Å². The van der Waals surface area contributed by atoms with Crippen molar-refractivity contribution >= 4 is 44.6 Å². The smallest absolute Gasteiger partial charge is 0.347 e. The third kappa shape index (κ3) is 2.59. The summed E-state index contributed by atoms with van der Waals surface area (Å²) in [5.74, 6) is -0.951. The summed E-state index contributed by atoms with van der Waals surface area (Å²) in [6, 6.07) is 8.42. The Morgan fingerprint density at radius 1 is 1.08 bits per heavy atom. The molecule has 0 N–H and O–H groups in total. The normalized spacial score (nSPS) is 11.8. The average Bonchev–Trinajstić information content (AvgIpc) is 2.96. The van der Waals surface area contributed by atoms with Crippen LogP contribution in [-0.2, 0) is 0 Å². The molecule has 118 valence electrons. The number of nitrogens with zero attached hydrogens (tertiary/aromatic N) is 2. The van der Waals surface area contributed by atoms with Gasteiger partial charge < -0.3 is 4.42 Å². The van der Waals surface area contributed by atoms with Crippen LogP contribution in [0, 0.1) is 11.6 Å². The van der Waals surface area contributed by atoms with E-state index in [-0.39, 0.29) is 22.6 Å². The molecule has 0 aliphatic carbocycles. The van der Waals surface area contributed by atoms with E-state index in [1.807, 2.05) is 0 Å². The first kappa shape index (κ1) is 14.6. The zero-order chi connectivity index (χ0) is 16.7. The lowest BCUT2D eigenvalue weighted by molar-refractivity contribution is 0.488. The largest absolute Gasteiger partial charge is 0.404 e. The van der Waals surface area contributed by atoms with E-state index in [4.69, 9.17) is 4.42 Å². The minimum absolute atomic E-state index is 0.0250. The molecule has 0 aliphatic rings. The number of fused-ring (bicyclic) bond motifs is 2. The van der Waals surface area contributed by atoms with Gasteiger partial charge in [-0.3, -0.25) is 0 Å². The highest BCUT2D eigenvalue weighted by molar-refractivity contribution is 7.19. The molecule has 0 amide bonds. The van der Waals surface area contributed by atoms with Gasteiger partial charge in [0.25, 0.3) is 0 Å². The van der Waals surface area contributed by atoms with Gasteiger partial charge in [0.15, 0.2) is 0 Å². The Bertz CT molecular complexity index is 1160. The van der Waals surface area contributed by atoms with Crippen molar-refractivity contribution in [3.8, 4) is 0 Å². The Balaban J connectivity index is 1.76. The maximum absolute atomic E-state index is 13.8. The first-order valence-electron chi connectivity index (χ1n) is 6.94. The SMILES string of the molecule is O=c1oc(C=Cc2nc3ccc(F)cc3s2)nc2c(F)cccc12. The Labute approximate surface area is 137 Å². The van der Waals surface area contributed by atoms with E-state index in [9.17, 15) is 13.6 Å². The van der Waals surface area contributed by atoms with Crippen LogP contribution in [0.15, 0.2) is 45.6 Å². The van der Waals surface area contributed by atoms with Crippen molar-refractivity contribution < 1.29 is 13.2 Å². The van der Waals surface area contributed by atoms with Crippen molar-refractivity contribution in [3.05, 3.63) is 69.4 Å². The number of hydrogen-bond donors (Lipinski definition) is 0. The molecule has 2 heterocycles.